The van der Waals surface area contributed by atoms with Crippen LogP contribution < -0.4 is 9.64 Å². The van der Waals surface area contributed by atoms with Crippen molar-refractivity contribution in [2.75, 3.05) is 31.3 Å². The first-order chi connectivity index (χ1) is 13.0. The van der Waals surface area contributed by atoms with Gasteiger partial charge >= 0.3 is 0 Å². The van der Waals surface area contributed by atoms with Gasteiger partial charge in [-0.05, 0) is 26.0 Å². The zero-order valence-electron chi connectivity index (χ0n) is 15.4. The number of morpholine rings is 1. The third-order valence-corrected chi connectivity index (χ3v) is 5.18. The summed E-state index contributed by atoms with van der Waals surface area (Å²) in [6.07, 6.45) is 1.91. The van der Waals surface area contributed by atoms with Crippen molar-refractivity contribution < 1.29 is 14.6 Å². The number of aromatic amines is 1. The summed E-state index contributed by atoms with van der Waals surface area (Å²) >= 11 is 0. The zero-order chi connectivity index (χ0) is 18.6. The second-order valence-electron chi connectivity index (χ2n) is 7.59. The second-order valence-corrected chi connectivity index (χ2v) is 7.59. The summed E-state index contributed by atoms with van der Waals surface area (Å²) in [5, 5.41) is 11.8. The molecule has 1 aromatic carbocycles. The fraction of sp³-hybridized carbons (Fsp3) is 0.400. The van der Waals surface area contributed by atoms with Crippen LogP contribution >= 0.6 is 0 Å². The molecule has 3 aromatic rings. The second kappa shape index (κ2) is 5.94. The molecule has 0 spiro atoms. The molecule has 2 N–H and O–H groups in total. The number of ether oxygens (including phenoxy) is 2. The lowest BCUT2D eigenvalue weighted by Gasteiger charge is -2.41. The Bertz CT molecular complexity index is 1010. The highest BCUT2D eigenvalue weighted by Crippen LogP contribution is 2.41. The molecule has 4 heterocycles. The molecule has 0 aliphatic carbocycles. The quantitative estimate of drug-likeness (QED) is 0.725. The molecule has 0 bridgehead atoms. The van der Waals surface area contributed by atoms with E-state index in [0.29, 0.717) is 37.1 Å². The summed E-state index contributed by atoms with van der Waals surface area (Å²) in [6, 6.07) is 8.16. The number of fused-ring (bicyclic) bond motifs is 4. The summed E-state index contributed by atoms with van der Waals surface area (Å²) in [4.78, 5) is 15.1. The fourth-order valence-electron chi connectivity index (χ4n) is 3.83. The molecule has 0 saturated carbocycles. The number of aromatic nitrogens is 3. The van der Waals surface area contributed by atoms with Gasteiger partial charge in [-0.25, -0.2) is 9.97 Å². The number of nitrogens with zero attached hydrogens (tertiary/aromatic N) is 3. The third-order valence-electron chi connectivity index (χ3n) is 5.18. The predicted octanol–water partition coefficient (Wildman–Crippen LogP) is 2.45. The first-order valence-electron chi connectivity index (χ1n) is 9.21. The van der Waals surface area contributed by atoms with E-state index in [9.17, 15) is 5.11 Å². The minimum atomic E-state index is -1.15. The fourth-order valence-corrected chi connectivity index (χ4v) is 3.83. The normalized spacial score (nSPS) is 19.5. The number of rotatable bonds is 2. The maximum Gasteiger partial charge on any atom is 0.186 e. The lowest BCUT2D eigenvalue weighted by molar-refractivity contribution is 0.0563. The molecule has 27 heavy (non-hydrogen) atoms. The molecule has 2 aliphatic heterocycles. The van der Waals surface area contributed by atoms with Crippen molar-refractivity contribution in [1.82, 2.24) is 15.0 Å². The molecule has 2 aliphatic rings. The van der Waals surface area contributed by atoms with Crippen LogP contribution in [-0.4, -0.2) is 52.5 Å². The summed E-state index contributed by atoms with van der Waals surface area (Å²) in [5.74, 6) is 1.90. The zero-order valence-corrected chi connectivity index (χ0v) is 15.4. The van der Waals surface area contributed by atoms with Crippen LogP contribution in [-0.2, 0) is 10.3 Å². The van der Waals surface area contributed by atoms with Crippen molar-refractivity contribution in [1.29, 1.82) is 0 Å². The Balaban J connectivity index is 1.75. The number of nitrogens with one attached hydrogen (secondary N) is 1. The predicted molar refractivity (Wildman–Crippen MR) is 102 cm³/mol. The van der Waals surface area contributed by atoms with E-state index in [4.69, 9.17) is 19.4 Å². The van der Waals surface area contributed by atoms with E-state index >= 15 is 0 Å². The van der Waals surface area contributed by atoms with Crippen LogP contribution in [0.5, 0.6) is 5.75 Å². The minimum Gasteiger partial charge on any atom is -0.485 e. The molecule has 0 amide bonds. The number of H-pyrrole nitrogens is 1. The molecular formula is C20H22N4O3. The summed E-state index contributed by atoms with van der Waals surface area (Å²) < 4.78 is 11.6. The van der Waals surface area contributed by atoms with Gasteiger partial charge in [0.25, 0.3) is 0 Å². The molecule has 7 heteroatoms. The highest BCUT2D eigenvalue weighted by atomic mass is 16.5. The van der Waals surface area contributed by atoms with Gasteiger partial charge in [-0.15, -0.1) is 0 Å². The van der Waals surface area contributed by atoms with Gasteiger partial charge in [0.2, 0.25) is 0 Å². The Kier molecular flexibility index (Phi) is 3.63. The maximum atomic E-state index is 10.8. The van der Waals surface area contributed by atoms with Crippen LogP contribution in [0.3, 0.4) is 0 Å². The van der Waals surface area contributed by atoms with Crippen molar-refractivity contribution in [3.05, 3.63) is 36.2 Å². The van der Waals surface area contributed by atoms with Gasteiger partial charge in [0.1, 0.15) is 17.9 Å². The first kappa shape index (κ1) is 16.5. The Morgan fingerprint density at radius 1 is 1.22 bits per heavy atom. The number of hydrogen-bond acceptors (Lipinski definition) is 6. The van der Waals surface area contributed by atoms with E-state index in [-0.39, 0.29) is 6.04 Å². The van der Waals surface area contributed by atoms with Crippen LogP contribution in [0.2, 0.25) is 0 Å². The van der Waals surface area contributed by atoms with Gasteiger partial charge in [0, 0.05) is 29.2 Å². The van der Waals surface area contributed by atoms with Crippen LogP contribution in [0.1, 0.15) is 19.5 Å². The molecule has 140 valence electrons. The molecule has 7 nitrogen and oxygen atoms in total. The Morgan fingerprint density at radius 2 is 2.11 bits per heavy atom. The molecule has 5 rings (SSSR count). The highest BCUT2D eigenvalue weighted by molar-refractivity contribution is 5.93. The van der Waals surface area contributed by atoms with E-state index in [2.05, 4.69) is 9.88 Å². The Labute approximate surface area is 157 Å². The SMILES string of the molecule is CC(C)(O)c1nc(-c2cccc3[nH]ccc23)nc2c1OCC1COCCN21. The largest absolute Gasteiger partial charge is 0.485 e. The van der Waals surface area contributed by atoms with Gasteiger partial charge in [0.05, 0.1) is 19.3 Å². The lowest BCUT2D eigenvalue weighted by atomic mass is 10.0. The van der Waals surface area contributed by atoms with Crippen LogP contribution in [0.15, 0.2) is 30.5 Å². The molecule has 0 radical (unpaired) electrons. The van der Waals surface area contributed by atoms with E-state index in [0.717, 1.165) is 28.8 Å². The van der Waals surface area contributed by atoms with Gasteiger partial charge in [-0.1, -0.05) is 12.1 Å². The number of benzene rings is 1. The highest BCUT2D eigenvalue weighted by Gasteiger charge is 2.37. The summed E-state index contributed by atoms with van der Waals surface area (Å²) in [7, 11) is 0. The third kappa shape index (κ3) is 2.65. The summed E-state index contributed by atoms with van der Waals surface area (Å²) in [5.41, 5.74) is 1.32. The van der Waals surface area contributed by atoms with Gasteiger partial charge in [-0.3, -0.25) is 0 Å². The number of aliphatic hydroxyl groups is 1. The lowest BCUT2D eigenvalue weighted by Crippen LogP contribution is -2.52. The van der Waals surface area contributed by atoms with Crippen LogP contribution in [0.25, 0.3) is 22.3 Å². The van der Waals surface area contributed by atoms with Gasteiger partial charge in [0.15, 0.2) is 17.4 Å². The molecule has 1 unspecified atom stereocenters. The van der Waals surface area contributed by atoms with Crippen molar-refractivity contribution in [3.63, 3.8) is 0 Å². The Hall–Kier alpha value is -2.64. The van der Waals surface area contributed by atoms with Gasteiger partial charge < -0.3 is 24.5 Å². The van der Waals surface area contributed by atoms with Crippen LogP contribution in [0.4, 0.5) is 5.82 Å². The van der Waals surface area contributed by atoms with Crippen molar-refractivity contribution in [2.45, 2.75) is 25.5 Å². The van der Waals surface area contributed by atoms with Crippen LogP contribution in [0, 0.1) is 0 Å². The topological polar surface area (TPSA) is 83.5 Å². The number of anilines is 1. The van der Waals surface area contributed by atoms with E-state index in [1.54, 1.807) is 13.8 Å². The van der Waals surface area contributed by atoms with E-state index in [1.807, 2.05) is 30.5 Å². The summed E-state index contributed by atoms with van der Waals surface area (Å²) in [6.45, 7) is 5.98. The van der Waals surface area contributed by atoms with E-state index < -0.39 is 5.60 Å². The number of hydrogen-bond donors (Lipinski definition) is 2. The van der Waals surface area contributed by atoms with Gasteiger partial charge in [-0.2, -0.15) is 0 Å². The molecule has 2 aromatic heterocycles. The van der Waals surface area contributed by atoms with E-state index in [1.165, 1.54) is 0 Å². The Morgan fingerprint density at radius 3 is 2.96 bits per heavy atom. The van der Waals surface area contributed by atoms with Crippen molar-refractivity contribution >= 4 is 16.7 Å². The standard InChI is InChI=1S/C20H22N4O3/c1-20(2,25)17-16-19(24-8-9-26-10-12(24)11-27-16)23-18(22-17)14-4-3-5-15-13(14)6-7-21-15/h3-7,12,21,25H,8-11H2,1-2H3. The molecule has 1 saturated heterocycles. The molecule has 1 fully saturated rings. The smallest absolute Gasteiger partial charge is 0.186 e. The molecule has 1 atom stereocenters. The first-order valence-corrected chi connectivity index (χ1v) is 9.21. The average molecular weight is 366 g/mol. The average Bonchev–Trinajstić information content (AvgIpc) is 3.15. The van der Waals surface area contributed by atoms with Crippen molar-refractivity contribution in [3.8, 4) is 17.1 Å². The monoisotopic (exact) mass is 366 g/mol. The molecular weight excluding hydrogens is 344 g/mol. The minimum absolute atomic E-state index is 0.131. The van der Waals surface area contributed by atoms with Crippen molar-refractivity contribution in [2.24, 2.45) is 0 Å². The maximum absolute atomic E-state index is 10.8.